The van der Waals surface area contributed by atoms with Gasteiger partial charge >= 0.3 is 12.1 Å². The quantitative estimate of drug-likeness (QED) is 0.306. The van der Waals surface area contributed by atoms with E-state index in [9.17, 15) is 30.8 Å². The second-order valence-electron chi connectivity index (χ2n) is 8.66. The first-order chi connectivity index (χ1) is 17.9. The van der Waals surface area contributed by atoms with Gasteiger partial charge in [0.15, 0.2) is 9.84 Å². The lowest BCUT2D eigenvalue weighted by Crippen LogP contribution is -2.30. The van der Waals surface area contributed by atoms with Crippen LogP contribution in [0.3, 0.4) is 0 Å². The van der Waals surface area contributed by atoms with Gasteiger partial charge in [-0.2, -0.15) is 13.2 Å². The number of fused-ring (bicyclic) bond motifs is 1. The lowest BCUT2D eigenvalue weighted by molar-refractivity contribution is -0.138. The molecule has 0 aliphatic carbocycles. The molecule has 4 rings (SSSR count). The average molecular weight is 573 g/mol. The van der Waals surface area contributed by atoms with Gasteiger partial charge in [0.25, 0.3) is 0 Å². The number of carboxylic acids is 1. The van der Waals surface area contributed by atoms with E-state index in [0.29, 0.717) is 6.07 Å². The molecule has 0 fully saturated rings. The molecule has 0 saturated carbocycles. The largest absolute Gasteiger partial charge is 0.490 e. The molecule has 12 heteroatoms. The number of halogens is 5. The van der Waals surface area contributed by atoms with E-state index in [1.54, 1.807) is 0 Å². The summed E-state index contributed by atoms with van der Waals surface area (Å²) in [4.78, 5) is 10.5. The number of carbonyl (C=O) groups is 1. The van der Waals surface area contributed by atoms with Crippen LogP contribution in [0.2, 0.25) is 5.02 Å². The number of hydrogen-bond acceptors (Lipinski definition) is 5. The molecule has 0 aromatic heterocycles. The minimum absolute atomic E-state index is 0.00653. The van der Waals surface area contributed by atoms with Crippen molar-refractivity contribution in [1.82, 2.24) is 0 Å². The second kappa shape index (κ2) is 10.8. The van der Waals surface area contributed by atoms with Crippen molar-refractivity contribution in [2.24, 2.45) is 0 Å². The third-order valence-corrected chi connectivity index (χ3v) is 8.55. The predicted octanol–water partition coefficient (Wildman–Crippen LogP) is 6.61. The van der Waals surface area contributed by atoms with Gasteiger partial charge in [-0.3, -0.25) is 4.79 Å². The minimum atomic E-state index is -4.75. The minimum Gasteiger partial charge on any atom is -0.490 e. The molecule has 0 bridgehead atoms. The van der Waals surface area contributed by atoms with Gasteiger partial charge in [-0.1, -0.05) is 23.7 Å². The maximum atomic E-state index is 14.1. The van der Waals surface area contributed by atoms with Gasteiger partial charge in [-0.25, -0.2) is 12.8 Å². The summed E-state index contributed by atoms with van der Waals surface area (Å²) >= 11 is 6.03. The average Bonchev–Trinajstić information content (AvgIpc) is 2.86. The standard InChI is InChI=1S/C26H21ClF4O6S/c27-21-5-2-6-22(28)20(21)14-36-16-7-9-23-19(12-16)24(13-17(37-23)8-10-25(32)33)38(34,35)18-4-1-3-15(11-18)26(29,30)31/h1-7,9,11-12,17,24H,8,10,13-14H2,(H,32,33)/t17-,24?/m0/s1. The van der Waals surface area contributed by atoms with Crippen molar-refractivity contribution in [3.05, 3.63) is 88.2 Å². The van der Waals surface area contributed by atoms with Crippen LogP contribution in [-0.2, 0) is 27.4 Å². The molecular formula is C26H21ClF4O6S. The van der Waals surface area contributed by atoms with Crippen LogP contribution in [0.15, 0.2) is 65.6 Å². The van der Waals surface area contributed by atoms with E-state index < -0.39 is 49.6 Å². The van der Waals surface area contributed by atoms with Crippen LogP contribution in [0.5, 0.6) is 11.5 Å². The maximum absolute atomic E-state index is 14.1. The number of alkyl halides is 3. The molecule has 1 heterocycles. The van der Waals surface area contributed by atoms with E-state index in [-0.39, 0.29) is 53.5 Å². The Balaban J connectivity index is 1.71. The van der Waals surface area contributed by atoms with Crippen LogP contribution in [0.1, 0.15) is 41.2 Å². The molecule has 0 spiro atoms. The molecular weight excluding hydrogens is 552 g/mol. The van der Waals surface area contributed by atoms with Crippen molar-refractivity contribution in [2.75, 3.05) is 0 Å². The van der Waals surface area contributed by atoms with Crippen LogP contribution in [-0.4, -0.2) is 25.6 Å². The van der Waals surface area contributed by atoms with Crippen molar-refractivity contribution >= 4 is 27.4 Å². The summed E-state index contributed by atoms with van der Waals surface area (Å²) in [6.07, 6.45) is -6.05. The third-order valence-electron chi connectivity index (χ3n) is 6.09. The van der Waals surface area contributed by atoms with E-state index in [1.807, 2.05) is 0 Å². The summed E-state index contributed by atoms with van der Waals surface area (Å²) in [5.41, 5.74) is -0.900. The summed E-state index contributed by atoms with van der Waals surface area (Å²) in [5, 5.41) is 7.83. The lowest BCUT2D eigenvalue weighted by atomic mass is 9.98. The summed E-state index contributed by atoms with van der Waals surface area (Å²) in [5.74, 6) is -1.42. The molecule has 1 N–H and O–H groups in total. The molecule has 0 saturated heterocycles. The Kier molecular flexibility index (Phi) is 7.89. The van der Waals surface area contributed by atoms with Gasteiger partial charge in [-0.05, 0) is 55.0 Å². The SMILES string of the molecule is O=C(O)CC[C@H]1CC(S(=O)(=O)c2cccc(C(F)(F)F)c2)c2cc(OCc3c(F)cccc3Cl)ccc2O1. The van der Waals surface area contributed by atoms with Gasteiger partial charge in [-0.15, -0.1) is 0 Å². The van der Waals surface area contributed by atoms with Crippen LogP contribution < -0.4 is 9.47 Å². The van der Waals surface area contributed by atoms with Crippen LogP contribution in [0, 0.1) is 5.82 Å². The fraction of sp³-hybridized carbons (Fsp3) is 0.269. The Morgan fingerprint density at radius 2 is 1.84 bits per heavy atom. The first-order valence-corrected chi connectivity index (χ1v) is 13.3. The Morgan fingerprint density at radius 1 is 1.11 bits per heavy atom. The molecule has 1 aliphatic heterocycles. The molecule has 6 nitrogen and oxygen atoms in total. The summed E-state index contributed by atoms with van der Waals surface area (Å²) in [7, 11) is -4.39. The van der Waals surface area contributed by atoms with E-state index in [0.717, 1.165) is 18.2 Å². The Hall–Kier alpha value is -3.31. The molecule has 38 heavy (non-hydrogen) atoms. The number of aliphatic carboxylic acids is 1. The Morgan fingerprint density at radius 3 is 2.53 bits per heavy atom. The fourth-order valence-electron chi connectivity index (χ4n) is 4.16. The molecule has 3 aromatic rings. The van der Waals surface area contributed by atoms with Gasteiger partial charge < -0.3 is 14.6 Å². The first-order valence-electron chi connectivity index (χ1n) is 11.4. The summed E-state index contributed by atoms with van der Waals surface area (Å²) in [6.45, 7) is -0.266. The van der Waals surface area contributed by atoms with Crippen molar-refractivity contribution in [1.29, 1.82) is 0 Å². The number of sulfone groups is 1. The number of ether oxygens (including phenoxy) is 2. The van der Waals surface area contributed by atoms with Gasteiger partial charge in [0.05, 0.1) is 20.7 Å². The van der Waals surface area contributed by atoms with Crippen molar-refractivity contribution in [2.45, 2.75) is 48.3 Å². The number of benzene rings is 3. The van der Waals surface area contributed by atoms with Crippen LogP contribution in [0.4, 0.5) is 17.6 Å². The van der Waals surface area contributed by atoms with Gasteiger partial charge in [0.2, 0.25) is 0 Å². The molecule has 2 atom stereocenters. The maximum Gasteiger partial charge on any atom is 0.416 e. The predicted molar refractivity (Wildman–Crippen MR) is 129 cm³/mol. The van der Waals surface area contributed by atoms with E-state index in [1.165, 1.54) is 36.4 Å². The highest BCUT2D eigenvalue weighted by Gasteiger charge is 2.40. The smallest absolute Gasteiger partial charge is 0.416 e. The van der Waals surface area contributed by atoms with Crippen LogP contribution >= 0.6 is 11.6 Å². The van der Waals surface area contributed by atoms with E-state index >= 15 is 0 Å². The highest BCUT2D eigenvalue weighted by Crippen LogP contribution is 2.45. The van der Waals surface area contributed by atoms with E-state index in [2.05, 4.69) is 0 Å². The molecule has 0 radical (unpaired) electrons. The molecule has 1 aliphatic rings. The zero-order chi connectivity index (χ0) is 27.7. The van der Waals surface area contributed by atoms with Crippen molar-refractivity contribution in [3.8, 4) is 11.5 Å². The fourth-order valence-corrected chi connectivity index (χ4v) is 6.26. The summed E-state index contributed by atoms with van der Waals surface area (Å²) in [6, 6.07) is 11.8. The zero-order valence-electron chi connectivity index (χ0n) is 19.5. The highest BCUT2D eigenvalue weighted by atomic mass is 35.5. The Bertz CT molecular complexity index is 1440. The zero-order valence-corrected chi connectivity index (χ0v) is 21.1. The normalized spacial score (nSPS) is 17.4. The van der Waals surface area contributed by atoms with Crippen molar-refractivity contribution in [3.63, 3.8) is 0 Å². The lowest BCUT2D eigenvalue weighted by Gasteiger charge is -2.32. The van der Waals surface area contributed by atoms with Crippen molar-refractivity contribution < 1.29 is 45.4 Å². The second-order valence-corrected chi connectivity index (χ2v) is 11.2. The molecule has 3 aromatic carbocycles. The third kappa shape index (κ3) is 6.05. The first kappa shape index (κ1) is 27.7. The Labute approximate surface area is 220 Å². The topological polar surface area (TPSA) is 89.9 Å². The number of carboxylic acid groups (broad SMARTS) is 1. The number of hydrogen-bond donors (Lipinski definition) is 1. The van der Waals surface area contributed by atoms with Gasteiger partial charge in [0, 0.05) is 24.0 Å². The molecule has 1 unspecified atom stereocenters. The monoisotopic (exact) mass is 572 g/mol. The highest BCUT2D eigenvalue weighted by molar-refractivity contribution is 7.91. The van der Waals surface area contributed by atoms with Crippen LogP contribution in [0.25, 0.3) is 0 Å². The number of rotatable bonds is 8. The molecule has 202 valence electrons. The van der Waals surface area contributed by atoms with E-state index in [4.69, 9.17) is 26.2 Å². The summed E-state index contributed by atoms with van der Waals surface area (Å²) < 4.78 is 92.8. The van der Waals surface area contributed by atoms with Gasteiger partial charge in [0.1, 0.15) is 30.0 Å². The molecule has 0 amide bonds.